The molecule has 0 aliphatic heterocycles. The van der Waals surface area contributed by atoms with Crippen LogP contribution in [-0.4, -0.2) is 13.1 Å². The van der Waals surface area contributed by atoms with E-state index >= 15 is 0 Å². The van der Waals surface area contributed by atoms with Crippen molar-refractivity contribution in [2.24, 2.45) is 11.5 Å². The molecule has 0 bridgehead atoms. The van der Waals surface area contributed by atoms with Gasteiger partial charge in [0.25, 0.3) is 0 Å². The first-order valence-electron chi connectivity index (χ1n) is 3.73. The van der Waals surface area contributed by atoms with Gasteiger partial charge in [-0.3, -0.25) is 0 Å². The fourth-order valence-corrected chi connectivity index (χ4v) is 0. The van der Waals surface area contributed by atoms with Crippen LogP contribution in [0, 0.1) is 0 Å². The number of hydrogen-bond acceptors (Lipinski definition) is 2. The normalized spacial score (nSPS) is 6.00. The van der Waals surface area contributed by atoms with E-state index in [0.717, 1.165) is 19.5 Å². The maximum atomic E-state index is 5.03. The second kappa shape index (κ2) is 44.5. The first kappa shape index (κ1) is 16.0. The fourth-order valence-electron chi connectivity index (χ4n) is 0. The summed E-state index contributed by atoms with van der Waals surface area (Å²) in [5.41, 5.74) is 9.88. The third-order valence-corrected chi connectivity index (χ3v) is 0.289. The summed E-state index contributed by atoms with van der Waals surface area (Å²) in [4.78, 5) is 0. The van der Waals surface area contributed by atoms with E-state index in [0.29, 0.717) is 0 Å². The monoisotopic (exact) mass is 134 g/mol. The molecule has 0 rings (SSSR count). The Labute approximate surface area is 59.6 Å². The summed E-state index contributed by atoms with van der Waals surface area (Å²) in [6, 6.07) is 0. The van der Waals surface area contributed by atoms with Crippen LogP contribution in [0.2, 0.25) is 0 Å². The van der Waals surface area contributed by atoms with Gasteiger partial charge in [-0.25, -0.2) is 0 Å². The van der Waals surface area contributed by atoms with E-state index in [-0.39, 0.29) is 0 Å². The van der Waals surface area contributed by atoms with Crippen molar-refractivity contribution in [2.75, 3.05) is 13.1 Å². The van der Waals surface area contributed by atoms with Gasteiger partial charge in [-0.2, -0.15) is 0 Å². The summed E-state index contributed by atoms with van der Waals surface area (Å²) in [6.45, 7) is 9.53. The Balaban J connectivity index is -0.0000000646. The lowest BCUT2D eigenvalue weighted by atomic mass is 10.5. The van der Waals surface area contributed by atoms with E-state index in [1.165, 1.54) is 0 Å². The zero-order valence-electron chi connectivity index (χ0n) is 7.28. The van der Waals surface area contributed by atoms with Gasteiger partial charge in [0, 0.05) is 0 Å². The molecule has 4 N–H and O–H groups in total. The Morgan fingerprint density at radius 3 is 1.11 bits per heavy atom. The van der Waals surface area contributed by atoms with Crippen LogP contribution in [0.15, 0.2) is 0 Å². The molecule has 0 aromatic heterocycles. The zero-order valence-corrected chi connectivity index (χ0v) is 7.28. The van der Waals surface area contributed by atoms with Crippen LogP contribution in [-0.2, 0) is 0 Å². The van der Waals surface area contributed by atoms with Crippen molar-refractivity contribution >= 4 is 0 Å². The Bertz CT molecular complexity index is 14.4. The third kappa shape index (κ3) is 328. The van der Waals surface area contributed by atoms with Crippen LogP contribution in [0.5, 0.6) is 0 Å². The molecule has 9 heavy (non-hydrogen) atoms. The highest BCUT2D eigenvalue weighted by Crippen LogP contribution is 1.57. The molecule has 0 spiro atoms. The standard InChI is InChI=1S/C3H9N.C2H7N.C2H6/c1-2-3-4;1-2-3;1-2/h2-4H2,1H3;2-3H2,1H3;1-2H3. The average Bonchev–Trinajstić information content (AvgIpc) is 1.94. The molecule has 0 aliphatic rings. The molecule has 60 valence electrons. The Hall–Kier alpha value is -0.0800. The van der Waals surface area contributed by atoms with Crippen molar-refractivity contribution in [2.45, 2.75) is 34.1 Å². The maximum absolute atomic E-state index is 5.03. The van der Waals surface area contributed by atoms with E-state index in [9.17, 15) is 0 Å². The van der Waals surface area contributed by atoms with Gasteiger partial charge in [0.1, 0.15) is 0 Å². The molecule has 0 heterocycles. The van der Waals surface area contributed by atoms with Gasteiger partial charge in [0.2, 0.25) is 0 Å². The van der Waals surface area contributed by atoms with Crippen molar-refractivity contribution in [3.63, 3.8) is 0 Å². The van der Waals surface area contributed by atoms with E-state index < -0.39 is 0 Å². The molecule has 0 amide bonds. The lowest BCUT2D eigenvalue weighted by Crippen LogP contribution is -1.93. The second-order valence-corrected chi connectivity index (χ2v) is 1.20. The van der Waals surface area contributed by atoms with Crippen LogP contribution in [0.3, 0.4) is 0 Å². The number of hydrogen-bond donors (Lipinski definition) is 2. The number of nitrogens with two attached hydrogens (primary N) is 2. The van der Waals surface area contributed by atoms with Crippen molar-refractivity contribution < 1.29 is 0 Å². The Morgan fingerprint density at radius 2 is 1.11 bits per heavy atom. The lowest BCUT2D eigenvalue weighted by Gasteiger charge is -1.70. The highest BCUT2D eigenvalue weighted by molar-refractivity contribution is 4.19. The topological polar surface area (TPSA) is 52.0 Å². The summed E-state index contributed by atoms with van der Waals surface area (Å²) in [5.74, 6) is 0. The van der Waals surface area contributed by atoms with Gasteiger partial charge in [-0.1, -0.05) is 27.7 Å². The molecule has 0 aliphatic carbocycles. The highest BCUT2D eigenvalue weighted by Gasteiger charge is 1.55. The Morgan fingerprint density at radius 1 is 1.00 bits per heavy atom. The molecule has 0 fully saturated rings. The van der Waals surface area contributed by atoms with Crippen LogP contribution in [0.4, 0.5) is 0 Å². The summed E-state index contributed by atoms with van der Waals surface area (Å²) in [7, 11) is 0. The molecule has 0 saturated heterocycles. The fraction of sp³-hybridized carbons (Fsp3) is 1.00. The first-order chi connectivity index (χ1) is 4.33. The van der Waals surface area contributed by atoms with Gasteiger partial charge >= 0.3 is 0 Å². The molecule has 0 radical (unpaired) electrons. The van der Waals surface area contributed by atoms with E-state index in [1.807, 2.05) is 20.8 Å². The molecular formula is C7H22N2. The van der Waals surface area contributed by atoms with Crippen molar-refractivity contribution in [1.29, 1.82) is 0 Å². The van der Waals surface area contributed by atoms with Gasteiger partial charge in [0.05, 0.1) is 0 Å². The smallest absolute Gasteiger partial charge is 0.00799 e. The van der Waals surface area contributed by atoms with Gasteiger partial charge < -0.3 is 11.5 Å². The van der Waals surface area contributed by atoms with Crippen LogP contribution >= 0.6 is 0 Å². The van der Waals surface area contributed by atoms with E-state index in [1.54, 1.807) is 0 Å². The largest absolute Gasteiger partial charge is 0.331 e. The van der Waals surface area contributed by atoms with Gasteiger partial charge in [-0.05, 0) is 19.5 Å². The molecule has 0 atom stereocenters. The minimum absolute atomic E-state index is 0.750. The highest BCUT2D eigenvalue weighted by atomic mass is 14.5. The SMILES string of the molecule is CC.CCCN.CCN. The van der Waals surface area contributed by atoms with Crippen molar-refractivity contribution in [3.05, 3.63) is 0 Å². The summed E-state index contributed by atoms with van der Waals surface area (Å²) in [6.07, 6.45) is 1.10. The van der Waals surface area contributed by atoms with E-state index in [2.05, 4.69) is 6.92 Å². The second-order valence-electron chi connectivity index (χ2n) is 1.20. The molecule has 0 aromatic rings. The van der Waals surface area contributed by atoms with Crippen molar-refractivity contribution in [1.82, 2.24) is 0 Å². The quantitative estimate of drug-likeness (QED) is 0.568. The first-order valence-corrected chi connectivity index (χ1v) is 3.73. The molecular weight excluding hydrogens is 112 g/mol. The maximum Gasteiger partial charge on any atom is -0.00799 e. The Kier molecular flexibility index (Phi) is 78.9. The summed E-state index contributed by atoms with van der Waals surface area (Å²) >= 11 is 0. The summed E-state index contributed by atoms with van der Waals surface area (Å²) < 4.78 is 0. The zero-order chi connectivity index (χ0) is 8.12. The van der Waals surface area contributed by atoms with Crippen LogP contribution in [0.25, 0.3) is 0 Å². The minimum Gasteiger partial charge on any atom is -0.331 e. The van der Waals surface area contributed by atoms with Crippen LogP contribution < -0.4 is 11.5 Å². The van der Waals surface area contributed by atoms with Gasteiger partial charge in [-0.15, -0.1) is 0 Å². The molecule has 0 aromatic carbocycles. The molecule has 0 saturated carbocycles. The molecule has 2 heteroatoms. The summed E-state index contributed by atoms with van der Waals surface area (Å²) in [5, 5.41) is 0. The number of rotatable bonds is 1. The van der Waals surface area contributed by atoms with Crippen molar-refractivity contribution in [3.8, 4) is 0 Å². The van der Waals surface area contributed by atoms with Gasteiger partial charge in [0.15, 0.2) is 0 Å². The minimum atomic E-state index is 0.750. The predicted molar refractivity (Wildman–Crippen MR) is 45.4 cm³/mol. The molecule has 2 nitrogen and oxygen atoms in total. The van der Waals surface area contributed by atoms with E-state index in [4.69, 9.17) is 11.5 Å². The molecule has 0 unspecified atom stereocenters. The average molecular weight is 134 g/mol. The third-order valence-electron chi connectivity index (χ3n) is 0.289. The van der Waals surface area contributed by atoms with Crippen LogP contribution in [0.1, 0.15) is 34.1 Å². The lowest BCUT2D eigenvalue weighted by molar-refractivity contribution is 0.932. The predicted octanol–water partition coefficient (Wildman–Crippen LogP) is 1.35.